The summed E-state index contributed by atoms with van der Waals surface area (Å²) in [6, 6.07) is 22.2. The van der Waals surface area contributed by atoms with Gasteiger partial charge in [0.25, 0.3) is 0 Å². The van der Waals surface area contributed by atoms with Crippen molar-refractivity contribution in [2.75, 3.05) is 13.7 Å². The summed E-state index contributed by atoms with van der Waals surface area (Å²) in [5.41, 5.74) is 2.57. The Bertz CT molecular complexity index is 1050. The lowest BCUT2D eigenvalue weighted by atomic mass is 10.0. The minimum absolute atomic E-state index is 0.119. The molecule has 1 atom stereocenters. The van der Waals surface area contributed by atoms with Gasteiger partial charge in [-0.05, 0) is 53.8 Å². The van der Waals surface area contributed by atoms with Crippen LogP contribution >= 0.6 is 0 Å². The first-order chi connectivity index (χ1) is 16.5. The zero-order chi connectivity index (χ0) is 24.3. The Balaban J connectivity index is 1.81. The Labute approximate surface area is 200 Å². The molecule has 6 heteroatoms. The number of hydrogen-bond donors (Lipinski definition) is 1. The second-order valence-electron chi connectivity index (χ2n) is 8.10. The highest BCUT2D eigenvalue weighted by Crippen LogP contribution is 2.25. The molecule has 0 aromatic heterocycles. The number of benzene rings is 3. The van der Waals surface area contributed by atoms with Crippen molar-refractivity contribution in [3.8, 4) is 5.75 Å². The third-order valence-electron chi connectivity index (χ3n) is 5.60. The first-order valence-corrected chi connectivity index (χ1v) is 11.5. The van der Waals surface area contributed by atoms with E-state index < -0.39 is 6.04 Å². The third kappa shape index (κ3) is 6.91. The molecule has 3 aromatic carbocycles. The summed E-state index contributed by atoms with van der Waals surface area (Å²) in [5, 5.41) is 3.01. The van der Waals surface area contributed by atoms with Crippen LogP contribution in [-0.2, 0) is 22.6 Å². The van der Waals surface area contributed by atoms with Crippen LogP contribution in [0.15, 0.2) is 78.9 Å². The number of ether oxygens (including phenoxy) is 1. The van der Waals surface area contributed by atoms with E-state index in [1.807, 2.05) is 61.5 Å². The number of nitrogens with zero attached hydrogens (tertiary/aromatic N) is 1. The number of carbonyl (C=O) groups excluding carboxylic acids is 2. The van der Waals surface area contributed by atoms with E-state index in [9.17, 15) is 14.0 Å². The molecule has 3 rings (SSSR count). The maximum absolute atomic E-state index is 13.4. The molecule has 1 N–H and O–H groups in total. The van der Waals surface area contributed by atoms with Gasteiger partial charge in [-0.2, -0.15) is 0 Å². The number of nitrogens with one attached hydrogen (secondary N) is 1. The first kappa shape index (κ1) is 25.0. The van der Waals surface area contributed by atoms with Gasteiger partial charge in [0.1, 0.15) is 17.6 Å². The Hall–Kier alpha value is -3.67. The predicted octanol–water partition coefficient (Wildman–Crippen LogP) is 5.06. The first-order valence-electron chi connectivity index (χ1n) is 11.5. The molecule has 0 unspecified atom stereocenters. The van der Waals surface area contributed by atoms with Crippen LogP contribution in [-0.4, -0.2) is 30.4 Å². The van der Waals surface area contributed by atoms with E-state index in [0.717, 1.165) is 22.4 Å². The fraction of sp³-hybridized carbons (Fsp3) is 0.286. The summed E-state index contributed by atoms with van der Waals surface area (Å²) < 4.78 is 18.6. The average Bonchev–Trinajstić information content (AvgIpc) is 2.86. The second kappa shape index (κ2) is 12.5. The van der Waals surface area contributed by atoms with Crippen molar-refractivity contribution >= 4 is 11.8 Å². The molecule has 0 heterocycles. The Morgan fingerprint density at radius 1 is 0.941 bits per heavy atom. The van der Waals surface area contributed by atoms with Crippen molar-refractivity contribution < 1.29 is 18.7 Å². The second-order valence-corrected chi connectivity index (χ2v) is 8.10. The van der Waals surface area contributed by atoms with E-state index >= 15 is 0 Å². The molecular formula is C28H31FN2O3. The number of hydrogen-bond acceptors (Lipinski definition) is 3. The highest BCUT2D eigenvalue weighted by atomic mass is 19.1. The zero-order valence-electron chi connectivity index (χ0n) is 19.7. The van der Waals surface area contributed by atoms with E-state index in [1.54, 1.807) is 24.1 Å². The molecule has 0 saturated heterocycles. The molecule has 0 aliphatic heterocycles. The van der Waals surface area contributed by atoms with Crippen LogP contribution in [0.4, 0.5) is 4.39 Å². The highest BCUT2D eigenvalue weighted by Gasteiger charge is 2.31. The van der Waals surface area contributed by atoms with E-state index in [1.165, 1.54) is 12.1 Å². The van der Waals surface area contributed by atoms with Crippen LogP contribution in [0.5, 0.6) is 5.75 Å². The molecule has 0 spiro atoms. The number of amides is 2. The molecule has 2 amide bonds. The van der Waals surface area contributed by atoms with Crippen LogP contribution in [0.2, 0.25) is 0 Å². The molecule has 0 aliphatic rings. The molecule has 3 aromatic rings. The monoisotopic (exact) mass is 462 g/mol. The smallest absolute Gasteiger partial charge is 0.247 e. The van der Waals surface area contributed by atoms with Crippen molar-refractivity contribution in [2.24, 2.45) is 0 Å². The summed E-state index contributed by atoms with van der Waals surface area (Å²) in [5.74, 6) is 0.0751. The summed E-state index contributed by atoms with van der Waals surface area (Å²) in [4.78, 5) is 28.2. The lowest BCUT2D eigenvalue weighted by molar-refractivity contribution is -0.141. The van der Waals surface area contributed by atoms with Crippen molar-refractivity contribution in [1.82, 2.24) is 10.2 Å². The van der Waals surface area contributed by atoms with E-state index in [0.29, 0.717) is 25.8 Å². The number of halogens is 1. The molecule has 0 bridgehead atoms. The molecule has 34 heavy (non-hydrogen) atoms. The molecule has 0 saturated carbocycles. The molecule has 0 fully saturated rings. The summed E-state index contributed by atoms with van der Waals surface area (Å²) in [6.07, 6.45) is 1.64. The molecule has 0 radical (unpaired) electrons. The topological polar surface area (TPSA) is 58.6 Å². The SMILES string of the molecule is CCCC(=O)N(Cc1ccc(F)cc1)[C@@H](C(=O)NCCc1ccc(OC)cc1)c1ccccc1. The van der Waals surface area contributed by atoms with Gasteiger partial charge in [-0.3, -0.25) is 9.59 Å². The van der Waals surface area contributed by atoms with Gasteiger partial charge in [0, 0.05) is 19.5 Å². The number of rotatable bonds is 11. The standard InChI is InChI=1S/C28H31FN2O3/c1-3-7-26(32)31(20-22-10-14-24(29)15-11-22)27(23-8-5-4-6-9-23)28(33)30-19-18-21-12-16-25(34-2)17-13-21/h4-6,8-17,27H,3,7,18-20H2,1-2H3,(H,30,33)/t27-/m1/s1. The average molecular weight is 463 g/mol. The van der Waals surface area contributed by atoms with Gasteiger partial charge in [0.2, 0.25) is 11.8 Å². The van der Waals surface area contributed by atoms with Gasteiger partial charge < -0.3 is 15.0 Å². The van der Waals surface area contributed by atoms with Crippen LogP contribution in [0, 0.1) is 5.82 Å². The molecular weight excluding hydrogens is 431 g/mol. The Morgan fingerprint density at radius 3 is 2.21 bits per heavy atom. The lowest BCUT2D eigenvalue weighted by Crippen LogP contribution is -2.43. The maximum atomic E-state index is 13.4. The summed E-state index contributed by atoms with van der Waals surface area (Å²) >= 11 is 0. The van der Waals surface area contributed by atoms with Crippen molar-refractivity contribution in [1.29, 1.82) is 0 Å². The van der Waals surface area contributed by atoms with Crippen molar-refractivity contribution in [3.05, 3.63) is 101 Å². The Morgan fingerprint density at radius 2 is 1.59 bits per heavy atom. The fourth-order valence-electron chi connectivity index (χ4n) is 3.79. The summed E-state index contributed by atoms with van der Waals surface area (Å²) in [7, 11) is 1.62. The minimum Gasteiger partial charge on any atom is -0.497 e. The maximum Gasteiger partial charge on any atom is 0.247 e. The van der Waals surface area contributed by atoms with E-state index in [4.69, 9.17) is 4.74 Å². The van der Waals surface area contributed by atoms with E-state index in [2.05, 4.69) is 5.32 Å². The molecule has 0 aliphatic carbocycles. The third-order valence-corrected chi connectivity index (χ3v) is 5.60. The van der Waals surface area contributed by atoms with Crippen LogP contribution < -0.4 is 10.1 Å². The van der Waals surface area contributed by atoms with Gasteiger partial charge in [0.05, 0.1) is 7.11 Å². The predicted molar refractivity (Wildman–Crippen MR) is 131 cm³/mol. The number of carbonyl (C=O) groups is 2. The van der Waals surface area contributed by atoms with Crippen molar-refractivity contribution in [2.45, 2.75) is 38.8 Å². The van der Waals surface area contributed by atoms with Gasteiger partial charge >= 0.3 is 0 Å². The number of methoxy groups -OCH3 is 1. The van der Waals surface area contributed by atoms with Gasteiger partial charge in [-0.1, -0.05) is 61.5 Å². The normalized spacial score (nSPS) is 11.5. The highest BCUT2D eigenvalue weighted by molar-refractivity contribution is 5.88. The Kier molecular flexibility index (Phi) is 9.21. The minimum atomic E-state index is -0.791. The van der Waals surface area contributed by atoms with Crippen LogP contribution in [0.25, 0.3) is 0 Å². The van der Waals surface area contributed by atoms with E-state index in [-0.39, 0.29) is 24.2 Å². The van der Waals surface area contributed by atoms with Crippen molar-refractivity contribution in [3.63, 3.8) is 0 Å². The van der Waals surface area contributed by atoms with Crippen LogP contribution in [0.1, 0.15) is 42.5 Å². The fourth-order valence-corrected chi connectivity index (χ4v) is 3.79. The van der Waals surface area contributed by atoms with Gasteiger partial charge in [-0.25, -0.2) is 4.39 Å². The largest absolute Gasteiger partial charge is 0.497 e. The lowest BCUT2D eigenvalue weighted by Gasteiger charge is -2.31. The van der Waals surface area contributed by atoms with Gasteiger partial charge in [-0.15, -0.1) is 0 Å². The summed E-state index contributed by atoms with van der Waals surface area (Å²) in [6.45, 7) is 2.58. The van der Waals surface area contributed by atoms with Crippen LogP contribution in [0.3, 0.4) is 0 Å². The van der Waals surface area contributed by atoms with Gasteiger partial charge in [0.15, 0.2) is 0 Å². The zero-order valence-corrected chi connectivity index (χ0v) is 19.7. The molecule has 5 nitrogen and oxygen atoms in total. The molecule has 178 valence electrons. The quantitative estimate of drug-likeness (QED) is 0.433.